The van der Waals surface area contributed by atoms with Gasteiger partial charge in [0.2, 0.25) is 5.91 Å². The van der Waals surface area contributed by atoms with Crippen LogP contribution in [0.15, 0.2) is 24.3 Å². The Morgan fingerprint density at radius 2 is 1.96 bits per heavy atom. The number of rotatable bonds is 5. The second-order valence-corrected chi connectivity index (χ2v) is 7.98. The molecule has 0 aromatic heterocycles. The van der Waals surface area contributed by atoms with Crippen molar-refractivity contribution in [1.82, 2.24) is 0 Å². The fraction of sp³-hybridized carbons (Fsp3) is 0.550. The van der Waals surface area contributed by atoms with E-state index in [0.717, 1.165) is 12.8 Å². The van der Waals surface area contributed by atoms with Crippen molar-refractivity contribution in [3.63, 3.8) is 0 Å². The third-order valence-corrected chi connectivity index (χ3v) is 5.72. The fourth-order valence-electron chi connectivity index (χ4n) is 4.60. The Balaban J connectivity index is 1.39. The molecule has 0 unspecified atom stereocenters. The molecule has 1 aromatic carbocycles. The maximum absolute atomic E-state index is 12.7. The van der Waals surface area contributed by atoms with Crippen LogP contribution < -0.4 is 5.32 Å². The van der Waals surface area contributed by atoms with Gasteiger partial charge >= 0.3 is 11.9 Å². The Morgan fingerprint density at radius 1 is 1.23 bits per heavy atom. The molecule has 1 N–H and O–H groups in total. The zero-order valence-electron chi connectivity index (χ0n) is 14.9. The molecule has 26 heavy (non-hydrogen) atoms. The van der Waals surface area contributed by atoms with Gasteiger partial charge in [-0.25, -0.2) is 4.79 Å². The van der Waals surface area contributed by atoms with Crippen LogP contribution in [0.25, 0.3) is 0 Å². The summed E-state index contributed by atoms with van der Waals surface area (Å²) in [5, 5.41) is 2.89. The van der Waals surface area contributed by atoms with Crippen molar-refractivity contribution in [2.45, 2.75) is 32.8 Å². The number of nitrogens with one attached hydrogen (secondary N) is 1. The quantitative estimate of drug-likeness (QED) is 0.819. The summed E-state index contributed by atoms with van der Waals surface area (Å²) in [4.78, 5) is 36.7. The third kappa shape index (κ3) is 2.87. The number of benzene rings is 1. The van der Waals surface area contributed by atoms with Gasteiger partial charge in [0.1, 0.15) is 6.10 Å². The summed E-state index contributed by atoms with van der Waals surface area (Å²) in [5.41, 5.74) is 1.06. The van der Waals surface area contributed by atoms with E-state index in [0.29, 0.717) is 17.9 Å². The number of ether oxygens (including phenoxy) is 2. The SMILES string of the molecule is CC(C)COC(=O)c1ccc(NC(=O)[C@H]2[C@H]3C[C@@H]4[C@@H]2C(=O)O[C@@H]4C3)cc1. The Hall–Kier alpha value is -2.37. The number of anilines is 1. The Labute approximate surface area is 152 Å². The van der Waals surface area contributed by atoms with Gasteiger partial charge in [0.25, 0.3) is 0 Å². The maximum atomic E-state index is 12.7. The van der Waals surface area contributed by atoms with Crippen LogP contribution >= 0.6 is 0 Å². The summed E-state index contributed by atoms with van der Waals surface area (Å²) in [6, 6.07) is 6.65. The zero-order valence-corrected chi connectivity index (χ0v) is 14.9. The lowest BCUT2D eigenvalue weighted by Gasteiger charge is -2.23. The number of hydrogen-bond acceptors (Lipinski definition) is 5. The molecule has 2 saturated carbocycles. The van der Waals surface area contributed by atoms with Crippen molar-refractivity contribution in [2.75, 3.05) is 11.9 Å². The van der Waals surface area contributed by atoms with Gasteiger partial charge < -0.3 is 14.8 Å². The van der Waals surface area contributed by atoms with E-state index >= 15 is 0 Å². The van der Waals surface area contributed by atoms with Crippen molar-refractivity contribution in [1.29, 1.82) is 0 Å². The van der Waals surface area contributed by atoms with Gasteiger partial charge in [-0.15, -0.1) is 0 Å². The molecule has 1 amide bonds. The minimum atomic E-state index is -0.371. The lowest BCUT2D eigenvalue weighted by atomic mass is 9.79. The van der Waals surface area contributed by atoms with Crippen LogP contribution in [0.4, 0.5) is 5.69 Å². The first-order chi connectivity index (χ1) is 12.4. The van der Waals surface area contributed by atoms with Gasteiger partial charge in [-0.1, -0.05) is 13.8 Å². The van der Waals surface area contributed by atoms with E-state index in [2.05, 4.69) is 5.32 Å². The third-order valence-electron chi connectivity index (χ3n) is 5.72. The van der Waals surface area contributed by atoms with E-state index in [-0.39, 0.29) is 53.5 Å². The van der Waals surface area contributed by atoms with Crippen LogP contribution in [0, 0.1) is 29.6 Å². The summed E-state index contributed by atoms with van der Waals surface area (Å²) >= 11 is 0. The first-order valence-electron chi connectivity index (χ1n) is 9.22. The number of carbonyl (C=O) groups is 3. The first kappa shape index (κ1) is 17.1. The second kappa shape index (κ2) is 6.41. The molecular formula is C20H23NO5. The van der Waals surface area contributed by atoms with E-state index in [9.17, 15) is 14.4 Å². The molecular weight excluding hydrogens is 334 g/mol. The lowest BCUT2D eigenvalue weighted by Crippen LogP contribution is -2.35. The number of carbonyl (C=O) groups excluding carboxylic acids is 3. The van der Waals surface area contributed by atoms with Gasteiger partial charge in [0.05, 0.1) is 24.0 Å². The highest BCUT2D eigenvalue weighted by molar-refractivity contribution is 5.97. The Bertz CT molecular complexity index is 739. The van der Waals surface area contributed by atoms with Crippen molar-refractivity contribution in [3.05, 3.63) is 29.8 Å². The van der Waals surface area contributed by atoms with Crippen molar-refractivity contribution in [3.8, 4) is 0 Å². The highest BCUT2D eigenvalue weighted by Gasteiger charge is 2.63. The monoisotopic (exact) mass is 357 g/mol. The lowest BCUT2D eigenvalue weighted by molar-refractivity contribution is -0.145. The molecule has 138 valence electrons. The summed E-state index contributed by atoms with van der Waals surface area (Å²) in [6.45, 7) is 4.33. The van der Waals surface area contributed by atoms with Crippen LogP contribution in [0.3, 0.4) is 0 Å². The summed E-state index contributed by atoms with van der Waals surface area (Å²) in [5.74, 6) is -0.595. The molecule has 1 heterocycles. The van der Waals surface area contributed by atoms with Crippen molar-refractivity contribution >= 4 is 23.5 Å². The zero-order chi connectivity index (χ0) is 18.4. The van der Waals surface area contributed by atoms with Crippen LogP contribution in [-0.2, 0) is 19.1 Å². The van der Waals surface area contributed by atoms with Crippen molar-refractivity contribution < 1.29 is 23.9 Å². The van der Waals surface area contributed by atoms with Gasteiger partial charge in [0.15, 0.2) is 0 Å². The van der Waals surface area contributed by atoms with E-state index in [1.54, 1.807) is 24.3 Å². The molecule has 1 aromatic rings. The number of esters is 2. The maximum Gasteiger partial charge on any atom is 0.338 e. The molecule has 6 heteroatoms. The van der Waals surface area contributed by atoms with Gasteiger partial charge in [-0.05, 0) is 48.9 Å². The van der Waals surface area contributed by atoms with E-state index in [1.807, 2.05) is 13.8 Å². The molecule has 2 bridgehead atoms. The second-order valence-electron chi connectivity index (χ2n) is 7.98. The number of fused-ring (bicyclic) bond motifs is 1. The van der Waals surface area contributed by atoms with E-state index in [1.165, 1.54) is 0 Å². The van der Waals surface area contributed by atoms with Crippen LogP contribution in [-0.4, -0.2) is 30.6 Å². The van der Waals surface area contributed by atoms with E-state index < -0.39 is 0 Å². The molecule has 0 radical (unpaired) electrons. The van der Waals surface area contributed by atoms with Crippen LogP contribution in [0.2, 0.25) is 0 Å². The highest BCUT2D eigenvalue weighted by Crippen LogP contribution is 2.57. The summed E-state index contributed by atoms with van der Waals surface area (Å²) < 4.78 is 10.6. The van der Waals surface area contributed by atoms with Gasteiger partial charge in [0, 0.05) is 11.6 Å². The van der Waals surface area contributed by atoms with E-state index in [4.69, 9.17) is 9.47 Å². The highest BCUT2D eigenvalue weighted by atomic mass is 16.6. The minimum absolute atomic E-state index is 0.0256. The predicted octanol–water partition coefficient (Wildman–Crippen LogP) is 2.64. The molecule has 4 rings (SSSR count). The van der Waals surface area contributed by atoms with Crippen LogP contribution in [0.5, 0.6) is 0 Å². The van der Waals surface area contributed by atoms with Gasteiger partial charge in [-0.2, -0.15) is 0 Å². The first-order valence-corrected chi connectivity index (χ1v) is 9.22. The average molecular weight is 357 g/mol. The van der Waals surface area contributed by atoms with Crippen molar-refractivity contribution in [2.24, 2.45) is 29.6 Å². The molecule has 1 aliphatic heterocycles. The minimum Gasteiger partial charge on any atom is -0.462 e. The standard InChI is InChI=1S/C20H23NO5/c1-10(2)9-25-19(23)11-3-5-13(6-4-11)21-18(22)16-12-7-14-15(8-12)26-20(24)17(14)16/h3-6,10,12,14-17H,7-9H2,1-2H3,(H,21,22)/t12-,14-,15+,16-,17-/m0/s1. The largest absolute Gasteiger partial charge is 0.462 e. The summed E-state index contributed by atoms with van der Waals surface area (Å²) in [7, 11) is 0. The molecule has 2 aliphatic carbocycles. The molecule has 3 fully saturated rings. The smallest absolute Gasteiger partial charge is 0.338 e. The number of hydrogen-bond donors (Lipinski definition) is 1. The fourth-order valence-corrected chi connectivity index (χ4v) is 4.60. The molecule has 6 nitrogen and oxygen atoms in total. The topological polar surface area (TPSA) is 81.7 Å². The average Bonchev–Trinajstić information content (AvgIpc) is 3.22. The van der Waals surface area contributed by atoms with Gasteiger partial charge in [-0.3, -0.25) is 9.59 Å². The Kier molecular flexibility index (Phi) is 4.21. The Morgan fingerprint density at radius 3 is 2.65 bits per heavy atom. The molecule has 0 spiro atoms. The predicted molar refractivity (Wildman–Crippen MR) is 93.3 cm³/mol. The number of amides is 1. The molecule has 5 atom stereocenters. The normalized spacial score (nSPS) is 31.2. The molecule has 1 saturated heterocycles. The summed E-state index contributed by atoms with van der Waals surface area (Å²) in [6.07, 6.45) is 1.73. The van der Waals surface area contributed by atoms with Crippen LogP contribution in [0.1, 0.15) is 37.0 Å². The molecule has 3 aliphatic rings.